The number of nitrogens with two attached hydrogens (primary N) is 1. The number of nitrogens with zero attached hydrogens (tertiary/aromatic N) is 7. The summed E-state index contributed by atoms with van der Waals surface area (Å²) in [4.78, 5) is 37.3. The fourth-order valence-corrected chi connectivity index (χ4v) is 4.73. The molecule has 40 heavy (non-hydrogen) atoms. The molecular formula is C27H18N8O5. The number of fused-ring (bicyclic) bond motifs is 2. The van der Waals surface area contributed by atoms with Gasteiger partial charge < -0.3 is 10.5 Å². The molecule has 6 rings (SSSR count). The zero-order valence-electron chi connectivity index (χ0n) is 20.5. The summed E-state index contributed by atoms with van der Waals surface area (Å²) in [5, 5.41) is 29.5. The summed E-state index contributed by atoms with van der Waals surface area (Å²) >= 11 is 0. The number of hydrogen-bond acceptors (Lipinski definition) is 9. The zero-order chi connectivity index (χ0) is 28.0. The average Bonchev–Trinajstić information content (AvgIpc) is 3.57. The van der Waals surface area contributed by atoms with E-state index in [-0.39, 0.29) is 34.5 Å². The first-order chi connectivity index (χ1) is 19.4. The fourth-order valence-electron chi connectivity index (χ4n) is 4.73. The molecule has 1 atom stereocenters. The Hall–Kier alpha value is -6.03. The monoisotopic (exact) mass is 534 g/mol. The van der Waals surface area contributed by atoms with E-state index in [9.17, 15) is 25.0 Å². The number of non-ortho nitro benzene ring substituents is 1. The van der Waals surface area contributed by atoms with Gasteiger partial charge in [0.15, 0.2) is 0 Å². The number of aromatic nitrogens is 5. The molecular weight excluding hydrogens is 516 g/mol. The van der Waals surface area contributed by atoms with Gasteiger partial charge in [0, 0.05) is 17.7 Å². The number of nitro groups is 1. The molecule has 0 aliphatic carbocycles. The van der Waals surface area contributed by atoms with Crippen LogP contribution in [-0.2, 0) is 6.61 Å². The summed E-state index contributed by atoms with van der Waals surface area (Å²) in [6, 6.07) is 20.1. The zero-order valence-corrected chi connectivity index (χ0v) is 20.5. The van der Waals surface area contributed by atoms with Gasteiger partial charge in [-0.05, 0) is 30.3 Å². The van der Waals surface area contributed by atoms with Crippen LogP contribution >= 0.6 is 0 Å². The Morgan fingerprint density at radius 1 is 1.00 bits per heavy atom. The molecule has 13 heteroatoms. The summed E-state index contributed by atoms with van der Waals surface area (Å²) in [6.07, 6.45) is 1.61. The lowest BCUT2D eigenvalue weighted by Gasteiger charge is -2.19. The van der Waals surface area contributed by atoms with Crippen LogP contribution in [0.4, 0.5) is 5.69 Å². The highest BCUT2D eigenvalue weighted by atomic mass is 16.6. The van der Waals surface area contributed by atoms with Crippen molar-refractivity contribution in [1.29, 1.82) is 5.26 Å². The molecule has 1 aliphatic rings. The molecule has 0 spiro atoms. The Bertz CT molecular complexity index is 2010. The van der Waals surface area contributed by atoms with Crippen LogP contribution in [0.1, 0.15) is 17.3 Å². The second-order valence-corrected chi connectivity index (χ2v) is 8.88. The van der Waals surface area contributed by atoms with Crippen molar-refractivity contribution in [2.75, 3.05) is 0 Å². The number of allylic oxidation sites excluding steroid dienone is 1. The SMILES string of the molecule is N#CC1=C(N)n2c(=O)c3ccccc3c(=O)n2C1c1ccccc1OCc1cn(-c2ccc([N+](=O)[O-])cc2)nn1. The topological polar surface area (TPSA) is 177 Å². The first kappa shape index (κ1) is 24.3. The number of benzene rings is 3. The largest absolute Gasteiger partial charge is 0.487 e. The van der Waals surface area contributed by atoms with Crippen LogP contribution in [-0.4, -0.2) is 29.3 Å². The van der Waals surface area contributed by atoms with Gasteiger partial charge in [0.1, 0.15) is 41.6 Å². The molecule has 2 N–H and O–H groups in total. The summed E-state index contributed by atoms with van der Waals surface area (Å²) < 4.78 is 9.74. The van der Waals surface area contributed by atoms with Crippen molar-refractivity contribution in [1.82, 2.24) is 24.4 Å². The van der Waals surface area contributed by atoms with Crippen LogP contribution in [0.25, 0.3) is 22.3 Å². The van der Waals surface area contributed by atoms with Crippen molar-refractivity contribution in [2.45, 2.75) is 12.6 Å². The maximum Gasteiger partial charge on any atom is 0.279 e. The van der Waals surface area contributed by atoms with Gasteiger partial charge in [-0.2, -0.15) is 9.94 Å². The smallest absolute Gasteiger partial charge is 0.279 e. The molecule has 2 aromatic heterocycles. The molecule has 0 saturated heterocycles. The molecule has 0 bridgehead atoms. The molecule has 0 fully saturated rings. The Morgan fingerprint density at radius 3 is 2.38 bits per heavy atom. The second-order valence-electron chi connectivity index (χ2n) is 8.88. The molecule has 3 aromatic carbocycles. The Labute approximate surface area is 224 Å². The number of nitro benzene ring substituents is 1. The maximum atomic E-state index is 13.6. The van der Waals surface area contributed by atoms with Crippen LogP contribution in [0.5, 0.6) is 5.75 Å². The van der Waals surface area contributed by atoms with E-state index in [4.69, 9.17) is 10.5 Å². The third-order valence-electron chi connectivity index (χ3n) is 6.60. The van der Waals surface area contributed by atoms with E-state index in [1.54, 1.807) is 66.9 Å². The number of para-hydroxylation sites is 1. The van der Waals surface area contributed by atoms with Crippen molar-refractivity contribution < 1.29 is 9.66 Å². The van der Waals surface area contributed by atoms with E-state index in [1.807, 2.05) is 0 Å². The Kier molecular flexibility index (Phi) is 5.70. The van der Waals surface area contributed by atoms with Crippen LogP contribution in [0.2, 0.25) is 0 Å². The van der Waals surface area contributed by atoms with E-state index < -0.39 is 22.1 Å². The van der Waals surface area contributed by atoms with Gasteiger partial charge in [0.25, 0.3) is 16.8 Å². The number of ether oxygens (including phenoxy) is 1. The van der Waals surface area contributed by atoms with Gasteiger partial charge in [-0.1, -0.05) is 35.5 Å². The highest BCUT2D eigenvalue weighted by Crippen LogP contribution is 2.37. The van der Waals surface area contributed by atoms with Gasteiger partial charge in [0.05, 0.1) is 27.6 Å². The van der Waals surface area contributed by atoms with Gasteiger partial charge >= 0.3 is 0 Å². The lowest BCUT2D eigenvalue weighted by atomic mass is 9.99. The minimum Gasteiger partial charge on any atom is -0.487 e. The first-order valence-electron chi connectivity index (χ1n) is 11.9. The molecule has 3 heterocycles. The number of hydrogen-bond donors (Lipinski definition) is 1. The lowest BCUT2D eigenvalue weighted by molar-refractivity contribution is -0.384. The van der Waals surface area contributed by atoms with Gasteiger partial charge in [-0.3, -0.25) is 19.7 Å². The van der Waals surface area contributed by atoms with Crippen molar-refractivity contribution in [3.8, 4) is 17.5 Å². The third-order valence-corrected chi connectivity index (χ3v) is 6.60. The van der Waals surface area contributed by atoms with Gasteiger partial charge in [-0.25, -0.2) is 9.36 Å². The predicted octanol–water partition coefficient (Wildman–Crippen LogP) is 2.48. The molecule has 13 nitrogen and oxygen atoms in total. The minimum atomic E-state index is -0.998. The van der Waals surface area contributed by atoms with E-state index in [0.29, 0.717) is 22.7 Å². The quantitative estimate of drug-likeness (QED) is 0.253. The molecule has 1 unspecified atom stereocenters. The van der Waals surface area contributed by atoms with Crippen LogP contribution in [0.15, 0.2) is 94.2 Å². The standard InChI is InChI=1S/C27H18N8O5/c28-13-22-24(33-26(36)19-5-1-2-6-20(19)27(37)34(33)25(22)29)21-7-3-4-8-23(21)40-15-16-14-32(31-30-16)17-9-11-18(12-10-17)35(38)39/h1-12,14,24H,15,29H2. The van der Waals surface area contributed by atoms with Gasteiger partial charge in [0.2, 0.25) is 0 Å². The van der Waals surface area contributed by atoms with E-state index in [0.717, 1.165) is 4.68 Å². The van der Waals surface area contributed by atoms with E-state index >= 15 is 0 Å². The first-order valence-corrected chi connectivity index (χ1v) is 11.9. The molecule has 0 amide bonds. The molecule has 0 saturated carbocycles. The van der Waals surface area contributed by atoms with E-state index in [2.05, 4.69) is 16.4 Å². The summed E-state index contributed by atoms with van der Waals surface area (Å²) in [6.45, 7) is -0.0166. The van der Waals surface area contributed by atoms with Crippen LogP contribution < -0.4 is 21.6 Å². The fraction of sp³-hybridized carbons (Fsp3) is 0.0741. The van der Waals surface area contributed by atoms with Gasteiger partial charge in [-0.15, -0.1) is 5.10 Å². The second kappa shape index (κ2) is 9.37. The van der Waals surface area contributed by atoms with Crippen LogP contribution in [0.3, 0.4) is 0 Å². The van der Waals surface area contributed by atoms with Crippen LogP contribution in [0, 0.1) is 21.4 Å². The normalized spacial score (nSPS) is 14.2. The lowest BCUT2D eigenvalue weighted by Crippen LogP contribution is -2.38. The summed E-state index contributed by atoms with van der Waals surface area (Å²) in [5.74, 6) is 0.222. The third kappa shape index (κ3) is 3.79. The minimum absolute atomic E-state index is 0.0166. The number of nitriles is 1. The summed E-state index contributed by atoms with van der Waals surface area (Å²) in [7, 11) is 0. The van der Waals surface area contributed by atoms with Crippen molar-refractivity contribution in [3.63, 3.8) is 0 Å². The average molecular weight is 534 g/mol. The highest BCUT2D eigenvalue weighted by molar-refractivity contribution is 5.82. The highest BCUT2D eigenvalue weighted by Gasteiger charge is 2.36. The Morgan fingerprint density at radius 2 is 1.68 bits per heavy atom. The van der Waals surface area contributed by atoms with Crippen molar-refractivity contribution in [3.05, 3.63) is 127 Å². The predicted molar refractivity (Wildman–Crippen MR) is 142 cm³/mol. The molecule has 1 aliphatic heterocycles. The maximum absolute atomic E-state index is 13.6. The van der Waals surface area contributed by atoms with E-state index in [1.165, 1.54) is 21.5 Å². The summed E-state index contributed by atoms with van der Waals surface area (Å²) in [5.41, 5.74) is 6.73. The van der Waals surface area contributed by atoms with Crippen molar-refractivity contribution >= 4 is 22.3 Å². The Balaban J connectivity index is 1.36. The number of rotatable bonds is 6. The molecule has 196 valence electrons. The molecule has 5 aromatic rings. The molecule has 0 radical (unpaired) electrons. The van der Waals surface area contributed by atoms with Crippen molar-refractivity contribution in [2.24, 2.45) is 5.73 Å².